The number of non-ortho nitro benzene ring substituents is 1. The van der Waals surface area contributed by atoms with Crippen molar-refractivity contribution in [1.82, 2.24) is 15.8 Å². The van der Waals surface area contributed by atoms with Gasteiger partial charge >= 0.3 is 0 Å². The van der Waals surface area contributed by atoms with E-state index < -0.39 is 4.92 Å². The number of hydrogen-bond donors (Lipinski definition) is 2. The van der Waals surface area contributed by atoms with Crippen molar-refractivity contribution in [1.29, 1.82) is 0 Å². The number of benzene rings is 2. The summed E-state index contributed by atoms with van der Waals surface area (Å²) < 4.78 is 0. The van der Waals surface area contributed by atoms with E-state index >= 15 is 0 Å². The molecular weight excluding hydrogens is 344 g/mol. The first-order valence-corrected chi connectivity index (χ1v) is 8.89. The Morgan fingerprint density at radius 3 is 2.48 bits per heavy atom. The van der Waals surface area contributed by atoms with Crippen LogP contribution in [0, 0.1) is 16.0 Å². The second kappa shape index (κ2) is 6.85. The summed E-state index contributed by atoms with van der Waals surface area (Å²) in [5, 5.41) is 15.9. The number of rotatable bonds is 4. The van der Waals surface area contributed by atoms with E-state index in [1.807, 2.05) is 18.2 Å². The summed E-state index contributed by atoms with van der Waals surface area (Å²) in [6.45, 7) is 2.12. The molecule has 3 atom stereocenters. The first kappa shape index (κ1) is 17.2. The molecule has 1 saturated heterocycles. The van der Waals surface area contributed by atoms with E-state index in [1.54, 1.807) is 17.1 Å². The van der Waals surface area contributed by atoms with Gasteiger partial charge in [0, 0.05) is 35.9 Å². The molecule has 1 fully saturated rings. The number of nitro benzene ring substituents is 1. The molecule has 0 aromatic heterocycles. The van der Waals surface area contributed by atoms with E-state index in [-0.39, 0.29) is 29.7 Å². The Hall–Kier alpha value is -3.19. The Kier molecular flexibility index (Phi) is 4.37. The van der Waals surface area contributed by atoms with Gasteiger partial charge in [-0.25, -0.2) is 5.43 Å². The SMILES string of the molecule is CC1C(Cc2ccccc2)NN2C(=O)C=C(c3ccc([N+](=O)[O-])cc3)NC12. The van der Waals surface area contributed by atoms with Crippen molar-refractivity contribution in [2.24, 2.45) is 5.92 Å². The van der Waals surface area contributed by atoms with Gasteiger partial charge in [-0.3, -0.25) is 19.9 Å². The molecule has 0 aliphatic carbocycles. The fourth-order valence-corrected chi connectivity index (χ4v) is 3.65. The minimum absolute atomic E-state index is 0.0296. The first-order chi connectivity index (χ1) is 13.0. The maximum absolute atomic E-state index is 12.6. The molecule has 3 unspecified atom stereocenters. The highest BCUT2D eigenvalue weighted by Crippen LogP contribution is 2.29. The highest BCUT2D eigenvalue weighted by Gasteiger charge is 2.43. The van der Waals surface area contributed by atoms with E-state index in [0.29, 0.717) is 5.70 Å². The van der Waals surface area contributed by atoms with E-state index in [2.05, 4.69) is 29.8 Å². The molecule has 2 N–H and O–H groups in total. The van der Waals surface area contributed by atoms with Crippen LogP contribution in [0.2, 0.25) is 0 Å². The lowest BCUT2D eigenvalue weighted by molar-refractivity contribution is -0.384. The number of nitrogens with one attached hydrogen (secondary N) is 2. The highest BCUT2D eigenvalue weighted by atomic mass is 16.6. The summed E-state index contributed by atoms with van der Waals surface area (Å²) in [5.74, 6) is 0.0745. The lowest BCUT2D eigenvalue weighted by Gasteiger charge is -2.32. The number of nitrogens with zero attached hydrogens (tertiary/aromatic N) is 2. The zero-order chi connectivity index (χ0) is 19.0. The van der Waals surface area contributed by atoms with E-state index in [9.17, 15) is 14.9 Å². The molecule has 0 spiro atoms. The molecule has 4 rings (SSSR count). The van der Waals surface area contributed by atoms with Gasteiger partial charge in [0.05, 0.1) is 4.92 Å². The minimum atomic E-state index is -0.434. The van der Waals surface area contributed by atoms with Crippen molar-refractivity contribution in [3.8, 4) is 0 Å². The van der Waals surface area contributed by atoms with Crippen LogP contribution in [0.15, 0.2) is 60.7 Å². The van der Waals surface area contributed by atoms with Crippen molar-refractivity contribution in [2.75, 3.05) is 0 Å². The predicted octanol–water partition coefficient (Wildman–Crippen LogP) is 2.46. The number of carbonyl (C=O) groups is 1. The molecule has 2 aromatic carbocycles. The quantitative estimate of drug-likeness (QED) is 0.643. The summed E-state index contributed by atoms with van der Waals surface area (Å²) >= 11 is 0. The number of hydrogen-bond acceptors (Lipinski definition) is 5. The van der Waals surface area contributed by atoms with Crippen LogP contribution < -0.4 is 10.7 Å². The number of amides is 1. The van der Waals surface area contributed by atoms with Gasteiger partial charge in [0.15, 0.2) is 0 Å². The number of nitro groups is 1. The molecule has 2 heterocycles. The van der Waals surface area contributed by atoms with Gasteiger partial charge in [0.1, 0.15) is 6.17 Å². The summed E-state index contributed by atoms with van der Waals surface area (Å²) in [6, 6.07) is 16.5. The normalized spacial score (nSPS) is 24.2. The lowest BCUT2D eigenvalue weighted by Crippen LogP contribution is -2.52. The van der Waals surface area contributed by atoms with Crippen molar-refractivity contribution < 1.29 is 9.72 Å². The van der Waals surface area contributed by atoms with Gasteiger partial charge in [-0.05, 0) is 29.7 Å². The topological polar surface area (TPSA) is 87.5 Å². The molecule has 138 valence electrons. The summed E-state index contributed by atoms with van der Waals surface area (Å²) in [7, 11) is 0. The van der Waals surface area contributed by atoms with E-state index in [1.165, 1.54) is 23.8 Å². The first-order valence-electron chi connectivity index (χ1n) is 8.89. The van der Waals surface area contributed by atoms with Crippen molar-refractivity contribution in [3.05, 3.63) is 81.9 Å². The van der Waals surface area contributed by atoms with Gasteiger partial charge in [-0.1, -0.05) is 37.3 Å². The molecule has 2 aliphatic rings. The van der Waals surface area contributed by atoms with Gasteiger partial charge < -0.3 is 5.32 Å². The summed E-state index contributed by atoms with van der Waals surface area (Å²) in [4.78, 5) is 23.0. The molecule has 1 amide bonds. The monoisotopic (exact) mass is 364 g/mol. The van der Waals surface area contributed by atoms with Gasteiger partial charge in [-0.15, -0.1) is 0 Å². The molecule has 7 nitrogen and oxygen atoms in total. The maximum Gasteiger partial charge on any atom is 0.269 e. The zero-order valence-corrected chi connectivity index (χ0v) is 14.8. The van der Waals surface area contributed by atoms with Crippen LogP contribution in [0.3, 0.4) is 0 Å². The lowest BCUT2D eigenvalue weighted by atomic mass is 9.94. The molecule has 2 aromatic rings. The van der Waals surface area contributed by atoms with Gasteiger partial charge in [0.2, 0.25) is 0 Å². The third-order valence-corrected chi connectivity index (χ3v) is 5.21. The third-order valence-electron chi connectivity index (χ3n) is 5.21. The van der Waals surface area contributed by atoms with Crippen molar-refractivity contribution in [2.45, 2.75) is 25.6 Å². The Labute approximate surface area is 156 Å². The molecular formula is C20H20N4O3. The number of fused-ring (bicyclic) bond motifs is 1. The van der Waals surface area contributed by atoms with Gasteiger partial charge in [0.25, 0.3) is 11.6 Å². The average Bonchev–Trinajstić information content (AvgIpc) is 2.99. The van der Waals surface area contributed by atoms with Crippen LogP contribution in [0.1, 0.15) is 18.1 Å². The van der Waals surface area contributed by atoms with Crippen LogP contribution in [0.25, 0.3) is 5.70 Å². The molecule has 7 heteroatoms. The van der Waals surface area contributed by atoms with Crippen LogP contribution >= 0.6 is 0 Å². The molecule has 0 saturated carbocycles. The van der Waals surface area contributed by atoms with Crippen molar-refractivity contribution >= 4 is 17.3 Å². The molecule has 27 heavy (non-hydrogen) atoms. The largest absolute Gasteiger partial charge is 0.363 e. The number of hydrazine groups is 1. The minimum Gasteiger partial charge on any atom is -0.363 e. The van der Waals surface area contributed by atoms with Crippen LogP contribution in [-0.2, 0) is 11.2 Å². The Morgan fingerprint density at radius 1 is 1.11 bits per heavy atom. The molecule has 0 bridgehead atoms. The van der Waals surface area contributed by atoms with E-state index in [0.717, 1.165) is 12.0 Å². The number of carbonyl (C=O) groups excluding carboxylic acids is 1. The Bertz CT molecular complexity index is 895. The maximum atomic E-state index is 12.6. The average molecular weight is 364 g/mol. The van der Waals surface area contributed by atoms with Crippen molar-refractivity contribution in [3.63, 3.8) is 0 Å². The van der Waals surface area contributed by atoms with Crippen LogP contribution in [0.5, 0.6) is 0 Å². The molecule has 0 radical (unpaired) electrons. The summed E-state index contributed by atoms with van der Waals surface area (Å²) in [5.41, 5.74) is 6.02. The summed E-state index contributed by atoms with van der Waals surface area (Å²) in [6.07, 6.45) is 2.19. The predicted molar refractivity (Wildman–Crippen MR) is 101 cm³/mol. The van der Waals surface area contributed by atoms with Crippen LogP contribution in [0.4, 0.5) is 5.69 Å². The standard InChI is InChI=1S/C20H20N4O3/c1-13-17(11-14-5-3-2-4-6-14)22-23-19(25)12-18(21-20(13)23)15-7-9-16(10-8-15)24(26)27/h2-10,12-13,17,20-22H,11H2,1H3. The third kappa shape index (κ3) is 3.29. The smallest absolute Gasteiger partial charge is 0.269 e. The highest BCUT2D eigenvalue weighted by molar-refractivity contribution is 5.96. The fourth-order valence-electron chi connectivity index (χ4n) is 3.65. The van der Waals surface area contributed by atoms with E-state index in [4.69, 9.17) is 0 Å². The molecule has 2 aliphatic heterocycles. The fraction of sp³-hybridized carbons (Fsp3) is 0.250. The van der Waals surface area contributed by atoms with Crippen LogP contribution in [-0.4, -0.2) is 28.0 Å². The Morgan fingerprint density at radius 2 is 1.81 bits per heavy atom. The second-order valence-electron chi connectivity index (χ2n) is 6.94. The van der Waals surface area contributed by atoms with Gasteiger partial charge in [-0.2, -0.15) is 0 Å². The zero-order valence-electron chi connectivity index (χ0n) is 14.8. The Balaban J connectivity index is 1.52. The second-order valence-corrected chi connectivity index (χ2v) is 6.94.